The third-order valence-corrected chi connectivity index (χ3v) is 4.90. The average molecular weight is 244 g/mol. The van der Waals surface area contributed by atoms with Crippen LogP contribution in [-0.2, 0) is 0 Å². The number of nitrogens with zero attached hydrogens (tertiary/aromatic N) is 1. The Balaban J connectivity index is 2.06. The predicted octanol–water partition coefficient (Wildman–Crippen LogP) is 2.59. The van der Waals surface area contributed by atoms with Gasteiger partial charge in [-0.3, -0.25) is 0 Å². The fraction of sp³-hybridized carbons (Fsp3) is 1.00. The second kappa shape index (κ2) is 8.37. The molecule has 0 aromatic heterocycles. The van der Waals surface area contributed by atoms with Crippen LogP contribution in [0.5, 0.6) is 0 Å². The predicted molar refractivity (Wildman–Crippen MR) is 75.3 cm³/mol. The molecule has 96 valence electrons. The molecular formula is C13H28N2S. The summed E-state index contributed by atoms with van der Waals surface area (Å²) in [6.45, 7) is 9.21. The molecule has 1 aliphatic carbocycles. The van der Waals surface area contributed by atoms with Gasteiger partial charge in [0.05, 0.1) is 0 Å². The van der Waals surface area contributed by atoms with Crippen molar-refractivity contribution >= 4 is 11.8 Å². The van der Waals surface area contributed by atoms with E-state index in [9.17, 15) is 0 Å². The van der Waals surface area contributed by atoms with Gasteiger partial charge in [0.2, 0.25) is 0 Å². The molecule has 16 heavy (non-hydrogen) atoms. The van der Waals surface area contributed by atoms with Gasteiger partial charge >= 0.3 is 0 Å². The van der Waals surface area contributed by atoms with Crippen molar-refractivity contribution in [2.24, 2.45) is 0 Å². The van der Waals surface area contributed by atoms with Crippen molar-refractivity contribution in [1.82, 2.24) is 10.2 Å². The molecule has 1 N–H and O–H groups in total. The smallest absolute Gasteiger partial charge is 0.0107 e. The second-order valence-corrected chi connectivity index (χ2v) is 5.83. The second-order valence-electron chi connectivity index (χ2n) is 4.69. The summed E-state index contributed by atoms with van der Waals surface area (Å²) in [5.41, 5.74) is 0. The topological polar surface area (TPSA) is 15.3 Å². The molecule has 0 aromatic carbocycles. The molecule has 0 amide bonds. The van der Waals surface area contributed by atoms with Crippen LogP contribution in [0, 0.1) is 0 Å². The zero-order valence-corrected chi connectivity index (χ0v) is 12.0. The standard InChI is InChI=1S/C13H28N2S/c1-4-15(5-2)11-10-14-12-6-8-13(16-3)9-7-12/h12-14H,4-11H2,1-3H3. The van der Waals surface area contributed by atoms with Crippen molar-refractivity contribution in [3.63, 3.8) is 0 Å². The van der Waals surface area contributed by atoms with Crippen molar-refractivity contribution < 1.29 is 0 Å². The highest BCUT2D eigenvalue weighted by Crippen LogP contribution is 2.26. The average Bonchev–Trinajstić information content (AvgIpc) is 2.35. The van der Waals surface area contributed by atoms with E-state index in [2.05, 4.69) is 30.3 Å². The third-order valence-electron chi connectivity index (χ3n) is 3.76. The van der Waals surface area contributed by atoms with Gasteiger partial charge in [-0.1, -0.05) is 13.8 Å². The summed E-state index contributed by atoms with van der Waals surface area (Å²) in [6.07, 6.45) is 7.82. The van der Waals surface area contributed by atoms with Crippen molar-refractivity contribution in [3.05, 3.63) is 0 Å². The Morgan fingerprint density at radius 3 is 2.25 bits per heavy atom. The number of nitrogens with one attached hydrogen (secondary N) is 1. The summed E-state index contributed by atoms with van der Waals surface area (Å²) in [6, 6.07) is 0.791. The largest absolute Gasteiger partial charge is 0.313 e. The van der Waals surface area contributed by atoms with Gasteiger partial charge in [0, 0.05) is 24.4 Å². The summed E-state index contributed by atoms with van der Waals surface area (Å²) in [5, 5.41) is 4.65. The van der Waals surface area contributed by atoms with E-state index in [1.54, 1.807) is 0 Å². The Morgan fingerprint density at radius 2 is 1.75 bits per heavy atom. The van der Waals surface area contributed by atoms with Gasteiger partial charge in [0.15, 0.2) is 0 Å². The highest BCUT2D eigenvalue weighted by Gasteiger charge is 2.19. The van der Waals surface area contributed by atoms with Crippen LogP contribution in [0.25, 0.3) is 0 Å². The van der Waals surface area contributed by atoms with Crippen molar-refractivity contribution in [2.45, 2.75) is 50.8 Å². The van der Waals surface area contributed by atoms with Crippen LogP contribution in [0.2, 0.25) is 0 Å². The van der Waals surface area contributed by atoms with Gasteiger partial charge in [-0.2, -0.15) is 11.8 Å². The van der Waals surface area contributed by atoms with E-state index in [1.165, 1.54) is 45.3 Å². The van der Waals surface area contributed by atoms with Crippen molar-refractivity contribution in [1.29, 1.82) is 0 Å². The molecular weight excluding hydrogens is 216 g/mol. The fourth-order valence-electron chi connectivity index (χ4n) is 2.47. The van der Waals surface area contributed by atoms with E-state index in [1.807, 2.05) is 11.8 Å². The Labute approximate surface area is 106 Å². The highest BCUT2D eigenvalue weighted by atomic mass is 32.2. The van der Waals surface area contributed by atoms with Gasteiger partial charge in [0.1, 0.15) is 0 Å². The van der Waals surface area contributed by atoms with Crippen LogP contribution in [0.15, 0.2) is 0 Å². The zero-order valence-electron chi connectivity index (χ0n) is 11.2. The molecule has 2 nitrogen and oxygen atoms in total. The fourth-order valence-corrected chi connectivity index (χ4v) is 3.21. The van der Waals surface area contributed by atoms with E-state index in [-0.39, 0.29) is 0 Å². The Kier molecular flexibility index (Phi) is 7.50. The molecule has 0 unspecified atom stereocenters. The molecule has 0 aliphatic heterocycles. The molecule has 1 rings (SSSR count). The van der Waals surface area contributed by atoms with E-state index in [4.69, 9.17) is 0 Å². The first-order chi connectivity index (χ1) is 7.80. The maximum atomic E-state index is 3.71. The minimum Gasteiger partial charge on any atom is -0.313 e. The minimum atomic E-state index is 0.791. The van der Waals surface area contributed by atoms with E-state index in [0.717, 1.165) is 17.8 Å². The molecule has 1 saturated carbocycles. The monoisotopic (exact) mass is 244 g/mol. The minimum absolute atomic E-state index is 0.791. The lowest BCUT2D eigenvalue weighted by Crippen LogP contribution is -2.39. The number of rotatable bonds is 7. The summed E-state index contributed by atoms with van der Waals surface area (Å²) in [4.78, 5) is 2.49. The lowest BCUT2D eigenvalue weighted by molar-refractivity contribution is 0.285. The quantitative estimate of drug-likeness (QED) is 0.741. The lowest BCUT2D eigenvalue weighted by Gasteiger charge is -2.29. The molecule has 0 spiro atoms. The zero-order chi connectivity index (χ0) is 11.8. The number of hydrogen-bond acceptors (Lipinski definition) is 3. The van der Waals surface area contributed by atoms with Crippen molar-refractivity contribution in [3.8, 4) is 0 Å². The lowest BCUT2D eigenvalue weighted by atomic mass is 9.95. The van der Waals surface area contributed by atoms with E-state index in [0.29, 0.717) is 0 Å². The molecule has 0 radical (unpaired) electrons. The molecule has 1 aliphatic rings. The van der Waals surface area contributed by atoms with Gasteiger partial charge in [-0.15, -0.1) is 0 Å². The summed E-state index contributed by atoms with van der Waals surface area (Å²) < 4.78 is 0. The molecule has 0 aromatic rings. The Morgan fingerprint density at radius 1 is 1.12 bits per heavy atom. The van der Waals surface area contributed by atoms with Gasteiger partial charge in [-0.05, 0) is 45.0 Å². The molecule has 0 bridgehead atoms. The maximum absolute atomic E-state index is 3.71. The van der Waals surface area contributed by atoms with Crippen molar-refractivity contribution in [2.75, 3.05) is 32.4 Å². The SMILES string of the molecule is CCN(CC)CCNC1CCC(SC)CC1. The Hall–Kier alpha value is 0.270. The first-order valence-electron chi connectivity index (χ1n) is 6.78. The number of thioether (sulfide) groups is 1. The molecule has 0 saturated heterocycles. The molecule has 1 fully saturated rings. The van der Waals surface area contributed by atoms with Gasteiger partial charge in [-0.25, -0.2) is 0 Å². The first kappa shape index (κ1) is 14.3. The summed E-state index contributed by atoms with van der Waals surface area (Å²) in [5.74, 6) is 0. The van der Waals surface area contributed by atoms with Crippen LogP contribution in [0.3, 0.4) is 0 Å². The van der Waals surface area contributed by atoms with Crippen LogP contribution >= 0.6 is 11.8 Å². The Bertz CT molecular complexity index is 163. The van der Waals surface area contributed by atoms with E-state index < -0.39 is 0 Å². The summed E-state index contributed by atoms with van der Waals surface area (Å²) >= 11 is 2.05. The van der Waals surface area contributed by atoms with E-state index >= 15 is 0 Å². The summed E-state index contributed by atoms with van der Waals surface area (Å²) in [7, 11) is 0. The number of hydrogen-bond donors (Lipinski definition) is 1. The van der Waals surface area contributed by atoms with Crippen LogP contribution in [0.4, 0.5) is 0 Å². The van der Waals surface area contributed by atoms with Gasteiger partial charge in [0.25, 0.3) is 0 Å². The third kappa shape index (κ3) is 5.07. The maximum Gasteiger partial charge on any atom is 0.0107 e. The van der Waals surface area contributed by atoms with Crippen LogP contribution in [-0.4, -0.2) is 48.6 Å². The first-order valence-corrected chi connectivity index (χ1v) is 8.07. The molecule has 3 heteroatoms. The number of likely N-dealkylation sites (N-methyl/N-ethyl adjacent to an activating group) is 1. The van der Waals surface area contributed by atoms with Crippen LogP contribution in [0.1, 0.15) is 39.5 Å². The van der Waals surface area contributed by atoms with Crippen LogP contribution < -0.4 is 5.32 Å². The highest BCUT2D eigenvalue weighted by molar-refractivity contribution is 7.99. The normalized spacial score (nSPS) is 26.2. The molecule has 0 atom stereocenters. The van der Waals surface area contributed by atoms with Gasteiger partial charge < -0.3 is 10.2 Å². The molecule has 0 heterocycles.